The second-order valence-electron chi connectivity index (χ2n) is 9.90. The summed E-state index contributed by atoms with van der Waals surface area (Å²) >= 11 is 1.63. The van der Waals surface area contributed by atoms with Crippen LogP contribution < -0.4 is 0 Å². The summed E-state index contributed by atoms with van der Waals surface area (Å²) < 4.78 is 9.09. The van der Waals surface area contributed by atoms with Crippen molar-refractivity contribution in [3.8, 4) is 22.5 Å². The second kappa shape index (κ2) is 8.65. The molecular formula is C32H27N3S. The maximum Gasteiger partial charge on any atom is 0.124 e. The van der Waals surface area contributed by atoms with Crippen molar-refractivity contribution in [2.45, 2.75) is 33.1 Å². The van der Waals surface area contributed by atoms with E-state index >= 15 is 0 Å². The summed E-state index contributed by atoms with van der Waals surface area (Å²) in [5, 5.41) is 2.24. The van der Waals surface area contributed by atoms with E-state index in [-0.39, 0.29) is 0 Å². The fourth-order valence-electron chi connectivity index (χ4n) is 4.79. The molecule has 0 spiro atoms. The molecule has 0 atom stereocenters. The van der Waals surface area contributed by atoms with Crippen molar-refractivity contribution in [3.05, 3.63) is 114 Å². The van der Waals surface area contributed by atoms with Gasteiger partial charge in [0.15, 0.2) is 0 Å². The number of pyridine rings is 3. The van der Waals surface area contributed by atoms with Gasteiger partial charge in [-0.05, 0) is 75.2 Å². The molecule has 0 unspecified atom stereocenters. The van der Waals surface area contributed by atoms with Crippen LogP contribution in [-0.4, -0.2) is 15.0 Å². The Bertz CT molecular complexity index is 1790. The van der Waals surface area contributed by atoms with Gasteiger partial charge in [0.2, 0.25) is 0 Å². The van der Waals surface area contributed by atoms with E-state index in [1.54, 1.807) is 17.4 Å². The molecule has 3 nitrogen and oxygen atoms in total. The first-order chi connectivity index (χ1) is 17.8. The van der Waals surface area contributed by atoms with E-state index in [0.29, 0.717) is 6.17 Å². The molecule has 4 aromatic heterocycles. The van der Waals surface area contributed by atoms with Crippen molar-refractivity contribution in [1.82, 2.24) is 15.0 Å². The van der Waals surface area contributed by atoms with E-state index in [1.807, 2.05) is 24.3 Å². The minimum atomic E-state index is -0.397. The van der Waals surface area contributed by atoms with Crippen LogP contribution in [0.15, 0.2) is 91.1 Å². The van der Waals surface area contributed by atoms with Crippen LogP contribution in [0.25, 0.3) is 42.8 Å². The summed E-state index contributed by atoms with van der Waals surface area (Å²) in [6.45, 7) is 8.66. The van der Waals surface area contributed by atoms with Gasteiger partial charge in [-0.2, -0.15) is 0 Å². The number of aromatic nitrogens is 3. The largest absolute Gasteiger partial charge is 0.252 e. The topological polar surface area (TPSA) is 38.7 Å². The predicted molar refractivity (Wildman–Crippen MR) is 152 cm³/mol. The molecule has 0 saturated carbocycles. The van der Waals surface area contributed by atoms with Crippen LogP contribution in [0.5, 0.6) is 0 Å². The highest BCUT2D eigenvalue weighted by Crippen LogP contribution is 2.40. The summed E-state index contributed by atoms with van der Waals surface area (Å²) in [7, 11) is 0. The van der Waals surface area contributed by atoms with E-state index in [4.69, 9.17) is 11.3 Å². The molecule has 2 aromatic carbocycles. The third-order valence-electron chi connectivity index (χ3n) is 6.79. The van der Waals surface area contributed by atoms with Crippen LogP contribution in [0.1, 0.15) is 37.7 Å². The number of hydrogen-bond donors (Lipinski definition) is 0. The van der Waals surface area contributed by atoms with E-state index in [0.717, 1.165) is 59.8 Å². The van der Waals surface area contributed by atoms with Crippen molar-refractivity contribution >= 4 is 31.6 Å². The molecule has 0 bridgehead atoms. The van der Waals surface area contributed by atoms with Crippen LogP contribution in [0.2, 0.25) is 0 Å². The summed E-state index contributed by atoms with van der Waals surface area (Å²) in [5.41, 5.74) is 8.07. The van der Waals surface area contributed by atoms with E-state index in [9.17, 15) is 0 Å². The second-order valence-corrected chi connectivity index (χ2v) is 10.9. The SMILES string of the molecule is [2H]c1ccc2c(n1)sc1c(-c3cc(C)cc(C(C)(C)c4cc(C)cc(-c5ccccc5)n4)n3)cccc12. The highest BCUT2D eigenvalue weighted by molar-refractivity contribution is 7.26. The van der Waals surface area contributed by atoms with Gasteiger partial charge in [-0.1, -0.05) is 48.5 Å². The smallest absolute Gasteiger partial charge is 0.124 e. The van der Waals surface area contributed by atoms with Gasteiger partial charge in [-0.3, -0.25) is 9.97 Å². The molecule has 176 valence electrons. The van der Waals surface area contributed by atoms with E-state index < -0.39 is 5.41 Å². The molecule has 0 fully saturated rings. The lowest BCUT2D eigenvalue weighted by atomic mass is 9.83. The molecule has 0 radical (unpaired) electrons. The molecule has 6 rings (SSSR count). The Morgan fingerprint density at radius 2 is 1.39 bits per heavy atom. The van der Waals surface area contributed by atoms with Gasteiger partial charge >= 0.3 is 0 Å². The third-order valence-corrected chi connectivity index (χ3v) is 7.94. The molecule has 0 aliphatic heterocycles. The summed E-state index contributed by atoms with van der Waals surface area (Å²) in [6.07, 6.45) is 0.291. The van der Waals surface area contributed by atoms with Gasteiger partial charge < -0.3 is 0 Å². The number of nitrogens with zero attached hydrogens (tertiary/aromatic N) is 3. The minimum Gasteiger partial charge on any atom is -0.252 e. The Morgan fingerprint density at radius 3 is 2.14 bits per heavy atom. The first-order valence-electron chi connectivity index (χ1n) is 12.6. The van der Waals surface area contributed by atoms with Gasteiger partial charge in [0.05, 0.1) is 24.1 Å². The average molecular weight is 487 g/mol. The van der Waals surface area contributed by atoms with Crippen LogP contribution >= 0.6 is 11.3 Å². The lowest BCUT2D eigenvalue weighted by Gasteiger charge is -2.26. The van der Waals surface area contributed by atoms with Gasteiger partial charge in [-0.15, -0.1) is 11.3 Å². The van der Waals surface area contributed by atoms with Gasteiger partial charge in [-0.25, -0.2) is 4.98 Å². The van der Waals surface area contributed by atoms with Crippen LogP contribution in [-0.2, 0) is 5.41 Å². The van der Waals surface area contributed by atoms with Crippen molar-refractivity contribution in [3.63, 3.8) is 0 Å². The van der Waals surface area contributed by atoms with Crippen LogP contribution in [0.3, 0.4) is 0 Å². The molecule has 0 amide bonds. The van der Waals surface area contributed by atoms with E-state index in [1.165, 1.54) is 5.56 Å². The van der Waals surface area contributed by atoms with Crippen LogP contribution in [0, 0.1) is 13.8 Å². The highest BCUT2D eigenvalue weighted by Gasteiger charge is 2.28. The molecular weight excluding hydrogens is 458 g/mol. The van der Waals surface area contributed by atoms with Crippen molar-refractivity contribution in [2.75, 3.05) is 0 Å². The van der Waals surface area contributed by atoms with Crippen molar-refractivity contribution < 1.29 is 1.37 Å². The molecule has 36 heavy (non-hydrogen) atoms. The van der Waals surface area contributed by atoms with Gasteiger partial charge in [0.1, 0.15) is 4.83 Å². The minimum absolute atomic E-state index is 0.291. The number of fused-ring (bicyclic) bond motifs is 3. The fourth-order valence-corrected chi connectivity index (χ4v) is 5.94. The third kappa shape index (κ3) is 3.88. The van der Waals surface area contributed by atoms with Gasteiger partial charge in [0.25, 0.3) is 0 Å². The molecule has 0 N–H and O–H groups in total. The molecule has 6 aromatic rings. The average Bonchev–Trinajstić information content (AvgIpc) is 3.26. The quantitative estimate of drug-likeness (QED) is 0.251. The van der Waals surface area contributed by atoms with E-state index in [2.05, 4.69) is 87.3 Å². The zero-order chi connectivity index (χ0) is 25.7. The lowest BCUT2D eigenvalue weighted by Crippen LogP contribution is -2.23. The standard InChI is InChI=1S/C32H27N3S/c1-20-16-26(22-10-6-5-7-11-22)34-28(18-20)32(3,4)29-19-21(2)17-27(35-29)25-13-8-12-23-24-14-9-15-33-31(24)36-30(23)25/h5-19H,1-4H3/i15D. The first kappa shape index (κ1) is 21.4. The zero-order valence-corrected chi connectivity index (χ0v) is 21.6. The zero-order valence-electron chi connectivity index (χ0n) is 21.8. The maximum absolute atomic E-state index is 7.94. The fraction of sp³-hybridized carbons (Fsp3) is 0.156. The van der Waals surface area contributed by atoms with Crippen molar-refractivity contribution in [1.29, 1.82) is 0 Å². The monoisotopic (exact) mass is 486 g/mol. The summed E-state index contributed by atoms with van der Waals surface area (Å²) in [5.74, 6) is 0. The Morgan fingerprint density at radius 1 is 0.722 bits per heavy atom. The Balaban J connectivity index is 1.50. The highest BCUT2D eigenvalue weighted by atomic mass is 32.1. The van der Waals surface area contributed by atoms with Crippen molar-refractivity contribution in [2.24, 2.45) is 0 Å². The van der Waals surface area contributed by atoms with Crippen LogP contribution in [0.4, 0.5) is 0 Å². The molecule has 0 aliphatic rings. The Labute approximate surface area is 216 Å². The Kier molecular flexibility index (Phi) is 5.14. The number of aryl methyl sites for hydroxylation is 2. The molecule has 4 heterocycles. The van der Waals surface area contributed by atoms with Gasteiger partial charge in [0, 0.05) is 38.2 Å². The number of benzene rings is 2. The number of thiophene rings is 1. The summed E-state index contributed by atoms with van der Waals surface area (Å²) in [4.78, 5) is 15.7. The molecule has 0 saturated heterocycles. The maximum atomic E-state index is 7.94. The summed E-state index contributed by atoms with van der Waals surface area (Å²) in [6, 6.07) is 29.1. The number of hydrogen-bond acceptors (Lipinski definition) is 4. The predicted octanol–water partition coefficient (Wildman–Crippen LogP) is 8.52. The Hall–Kier alpha value is -3.89. The normalized spacial score (nSPS) is 12.3. The molecule has 0 aliphatic carbocycles. The number of rotatable bonds is 4. The first-order valence-corrected chi connectivity index (χ1v) is 12.9. The molecule has 4 heteroatoms. The lowest BCUT2D eigenvalue weighted by molar-refractivity contribution is 0.595.